The van der Waals surface area contributed by atoms with Crippen LogP contribution in [0.2, 0.25) is 5.02 Å². The molecule has 136 valence electrons. The number of nitrogens with zero attached hydrogens (tertiary/aromatic N) is 1. The highest BCUT2D eigenvalue weighted by Gasteiger charge is 2.24. The van der Waals surface area contributed by atoms with E-state index in [1.54, 1.807) is 54.3 Å². The minimum absolute atomic E-state index is 0.206. The quantitative estimate of drug-likeness (QED) is 0.825. The molecule has 0 bridgehead atoms. The molecule has 3 rings (SSSR count). The summed E-state index contributed by atoms with van der Waals surface area (Å²) in [6, 6.07) is 12.0. The van der Waals surface area contributed by atoms with Crippen molar-refractivity contribution in [3.8, 4) is 5.75 Å². The fourth-order valence-electron chi connectivity index (χ4n) is 2.68. The number of urea groups is 1. The van der Waals surface area contributed by atoms with Crippen molar-refractivity contribution in [2.75, 3.05) is 30.0 Å². The molecule has 0 unspecified atom stereocenters. The van der Waals surface area contributed by atoms with Crippen LogP contribution >= 0.6 is 11.6 Å². The Bertz CT molecular complexity index is 808. The highest BCUT2D eigenvalue weighted by atomic mass is 35.5. The second kappa shape index (κ2) is 8.10. The van der Waals surface area contributed by atoms with E-state index < -0.39 is 0 Å². The number of hydrogen-bond donors (Lipinski definition) is 1. The topological polar surface area (TPSA) is 67.9 Å². The van der Waals surface area contributed by atoms with Gasteiger partial charge in [-0.1, -0.05) is 23.7 Å². The molecule has 1 aliphatic heterocycles. The first-order valence-electron chi connectivity index (χ1n) is 8.32. The van der Waals surface area contributed by atoms with Gasteiger partial charge in [-0.05, 0) is 42.8 Å². The van der Waals surface area contributed by atoms with E-state index in [0.29, 0.717) is 41.9 Å². The molecule has 0 fully saturated rings. The molecule has 0 spiro atoms. The van der Waals surface area contributed by atoms with Crippen molar-refractivity contribution >= 4 is 35.0 Å². The maximum atomic E-state index is 12.6. The molecule has 6 nitrogen and oxygen atoms in total. The van der Waals surface area contributed by atoms with Crippen LogP contribution < -0.4 is 15.0 Å². The number of benzene rings is 2. The van der Waals surface area contributed by atoms with Crippen LogP contribution in [0.4, 0.5) is 16.2 Å². The summed E-state index contributed by atoms with van der Waals surface area (Å²) in [6.07, 6.45) is 0.206. The summed E-state index contributed by atoms with van der Waals surface area (Å²) in [5.41, 5.74) is 2.10. The van der Waals surface area contributed by atoms with Crippen LogP contribution in [0.3, 0.4) is 0 Å². The van der Waals surface area contributed by atoms with E-state index in [0.717, 1.165) is 5.56 Å². The molecule has 0 aromatic heterocycles. The van der Waals surface area contributed by atoms with Crippen molar-refractivity contribution in [1.29, 1.82) is 0 Å². The molecule has 0 aliphatic carbocycles. The Morgan fingerprint density at radius 2 is 2.00 bits per heavy atom. The van der Waals surface area contributed by atoms with Crippen LogP contribution in [-0.4, -0.2) is 31.8 Å². The zero-order valence-corrected chi connectivity index (χ0v) is 15.1. The highest BCUT2D eigenvalue weighted by molar-refractivity contribution is 6.31. The van der Waals surface area contributed by atoms with Gasteiger partial charge in [-0.25, -0.2) is 4.79 Å². The van der Waals surface area contributed by atoms with E-state index in [9.17, 15) is 9.59 Å². The second-order valence-electron chi connectivity index (χ2n) is 5.72. The van der Waals surface area contributed by atoms with Gasteiger partial charge in [-0.3, -0.25) is 9.69 Å². The predicted molar refractivity (Wildman–Crippen MR) is 100 cm³/mol. The molecule has 0 saturated carbocycles. The summed E-state index contributed by atoms with van der Waals surface area (Å²) in [5, 5.41) is 3.39. The highest BCUT2D eigenvalue weighted by Crippen LogP contribution is 2.34. The monoisotopic (exact) mass is 374 g/mol. The number of carbonyl (C=O) groups is 2. The van der Waals surface area contributed by atoms with Gasteiger partial charge in [-0.15, -0.1) is 0 Å². The Kier molecular flexibility index (Phi) is 5.63. The number of anilines is 2. The van der Waals surface area contributed by atoms with Gasteiger partial charge in [0, 0.05) is 10.7 Å². The summed E-state index contributed by atoms with van der Waals surface area (Å²) in [5.74, 6) is 0.353. The first-order valence-corrected chi connectivity index (χ1v) is 8.70. The number of ether oxygens (including phenoxy) is 2. The van der Waals surface area contributed by atoms with Crippen molar-refractivity contribution in [3.63, 3.8) is 0 Å². The molecular formula is C19H19ClN2O4. The molecule has 2 aromatic rings. The fraction of sp³-hybridized carbons (Fsp3) is 0.263. The van der Waals surface area contributed by atoms with Crippen LogP contribution in [0.15, 0.2) is 42.5 Å². The number of esters is 1. The van der Waals surface area contributed by atoms with Crippen LogP contribution in [0, 0.1) is 0 Å². The van der Waals surface area contributed by atoms with E-state index in [1.165, 1.54) is 0 Å². The predicted octanol–water partition coefficient (Wildman–Crippen LogP) is 3.88. The Balaban J connectivity index is 1.67. The van der Waals surface area contributed by atoms with E-state index in [1.807, 2.05) is 0 Å². The summed E-state index contributed by atoms with van der Waals surface area (Å²) >= 11 is 6.04. The Morgan fingerprint density at radius 3 is 2.73 bits per heavy atom. The first-order chi connectivity index (χ1) is 12.6. The Labute approximate surface area is 156 Å². The van der Waals surface area contributed by atoms with Crippen LogP contribution in [-0.2, 0) is 16.0 Å². The lowest BCUT2D eigenvalue weighted by Crippen LogP contribution is -2.40. The van der Waals surface area contributed by atoms with Gasteiger partial charge in [-0.2, -0.15) is 0 Å². The fourth-order valence-corrected chi connectivity index (χ4v) is 2.84. The van der Waals surface area contributed by atoms with Gasteiger partial charge >= 0.3 is 12.0 Å². The van der Waals surface area contributed by atoms with Gasteiger partial charge in [0.15, 0.2) is 0 Å². The smallest absolute Gasteiger partial charge is 0.326 e. The SMILES string of the molecule is CCOC(=O)Cc1ccc(NC(=O)N2CCOc3ccc(Cl)cc32)cc1. The molecule has 1 N–H and O–H groups in total. The number of fused-ring (bicyclic) bond motifs is 1. The third kappa shape index (κ3) is 4.26. The molecule has 2 aromatic carbocycles. The lowest BCUT2D eigenvalue weighted by atomic mass is 10.1. The zero-order valence-electron chi connectivity index (χ0n) is 14.3. The number of halogens is 1. The van der Waals surface area contributed by atoms with Gasteiger partial charge in [0.05, 0.1) is 25.3 Å². The summed E-state index contributed by atoms with van der Waals surface area (Å²) in [7, 11) is 0. The standard InChI is InChI=1S/C19H19ClN2O4/c1-2-25-18(23)11-13-3-6-15(7-4-13)21-19(24)22-9-10-26-17-8-5-14(20)12-16(17)22/h3-8,12H,2,9-11H2,1H3,(H,21,24). The van der Waals surface area contributed by atoms with E-state index >= 15 is 0 Å². The summed E-state index contributed by atoms with van der Waals surface area (Å²) < 4.78 is 10.5. The molecule has 1 heterocycles. The molecule has 1 aliphatic rings. The number of hydrogen-bond acceptors (Lipinski definition) is 4. The number of amides is 2. The molecule has 0 radical (unpaired) electrons. The lowest BCUT2D eigenvalue weighted by Gasteiger charge is -2.29. The summed E-state index contributed by atoms with van der Waals surface area (Å²) in [4.78, 5) is 25.7. The van der Waals surface area contributed by atoms with Gasteiger partial charge in [0.25, 0.3) is 0 Å². The third-order valence-electron chi connectivity index (χ3n) is 3.89. The Morgan fingerprint density at radius 1 is 1.23 bits per heavy atom. The summed E-state index contributed by atoms with van der Waals surface area (Å²) in [6.45, 7) is 2.98. The average Bonchev–Trinajstić information content (AvgIpc) is 2.63. The maximum absolute atomic E-state index is 12.6. The Hall–Kier alpha value is -2.73. The zero-order chi connectivity index (χ0) is 18.5. The lowest BCUT2D eigenvalue weighted by molar-refractivity contribution is -0.142. The van der Waals surface area contributed by atoms with E-state index in [4.69, 9.17) is 21.1 Å². The molecule has 7 heteroatoms. The number of carbonyl (C=O) groups excluding carboxylic acids is 2. The van der Waals surface area contributed by atoms with E-state index in [-0.39, 0.29) is 18.4 Å². The van der Waals surface area contributed by atoms with E-state index in [2.05, 4.69) is 5.32 Å². The molecule has 26 heavy (non-hydrogen) atoms. The molecule has 0 saturated heterocycles. The molecular weight excluding hydrogens is 356 g/mol. The van der Waals surface area contributed by atoms with Gasteiger partial charge < -0.3 is 14.8 Å². The number of nitrogens with one attached hydrogen (secondary N) is 1. The van der Waals surface area contributed by atoms with Crippen molar-refractivity contribution in [3.05, 3.63) is 53.1 Å². The van der Waals surface area contributed by atoms with Gasteiger partial charge in [0.2, 0.25) is 0 Å². The minimum atomic E-state index is -0.272. The third-order valence-corrected chi connectivity index (χ3v) is 4.12. The minimum Gasteiger partial charge on any atom is -0.490 e. The first kappa shape index (κ1) is 18.1. The van der Waals surface area contributed by atoms with Crippen LogP contribution in [0.25, 0.3) is 0 Å². The van der Waals surface area contributed by atoms with Crippen molar-refractivity contribution in [1.82, 2.24) is 0 Å². The average molecular weight is 375 g/mol. The van der Waals surface area contributed by atoms with Crippen molar-refractivity contribution in [2.24, 2.45) is 0 Å². The largest absolute Gasteiger partial charge is 0.490 e. The molecule has 2 amide bonds. The normalized spacial score (nSPS) is 12.8. The van der Waals surface area contributed by atoms with Crippen LogP contribution in [0.1, 0.15) is 12.5 Å². The van der Waals surface area contributed by atoms with Crippen LogP contribution in [0.5, 0.6) is 5.75 Å². The van der Waals surface area contributed by atoms with Crippen molar-refractivity contribution < 1.29 is 19.1 Å². The number of rotatable bonds is 4. The second-order valence-corrected chi connectivity index (χ2v) is 6.16. The van der Waals surface area contributed by atoms with Gasteiger partial charge in [0.1, 0.15) is 12.4 Å². The maximum Gasteiger partial charge on any atom is 0.326 e. The van der Waals surface area contributed by atoms with Crippen molar-refractivity contribution in [2.45, 2.75) is 13.3 Å². The molecule has 0 atom stereocenters.